The van der Waals surface area contributed by atoms with E-state index in [1.807, 2.05) is 20.8 Å². The lowest BCUT2D eigenvalue weighted by Gasteiger charge is -2.47. The van der Waals surface area contributed by atoms with Crippen molar-refractivity contribution in [3.8, 4) is 0 Å². The molecule has 0 radical (unpaired) electrons. The largest absolute Gasteiger partial charge is 0.453 e. The molecule has 0 aromatic carbocycles. The molecule has 0 aliphatic carbocycles. The highest BCUT2D eigenvalue weighted by molar-refractivity contribution is 5.69. The zero-order valence-corrected chi connectivity index (χ0v) is 13.3. The fourth-order valence-corrected chi connectivity index (χ4v) is 2.56. The van der Waals surface area contributed by atoms with Crippen LogP contribution in [-0.4, -0.2) is 84.9 Å². The van der Waals surface area contributed by atoms with Gasteiger partial charge in [-0.3, -0.25) is 4.90 Å². The average molecular weight is 299 g/mol. The second kappa shape index (κ2) is 6.09. The molecule has 0 unspecified atom stereocenters. The summed E-state index contributed by atoms with van der Waals surface area (Å²) in [5, 5.41) is 0. The second-order valence-corrected chi connectivity index (χ2v) is 6.53. The Morgan fingerprint density at radius 3 is 2.00 bits per heavy atom. The molecule has 7 heteroatoms. The number of likely N-dealkylation sites (tertiary alicyclic amines) is 1. The quantitative estimate of drug-likeness (QED) is 0.722. The van der Waals surface area contributed by atoms with Crippen LogP contribution in [0.25, 0.3) is 0 Å². The molecule has 2 aliphatic heterocycles. The molecule has 0 atom stereocenters. The first kappa shape index (κ1) is 15.9. The van der Waals surface area contributed by atoms with Crippen molar-refractivity contribution in [1.82, 2.24) is 14.7 Å². The predicted octanol–water partition coefficient (Wildman–Crippen LogP) is 0.990. The van der Waals surface area contributed by atoms with E-state index < -0.39 is 5.60 Å². The zero-order valence-electron chi connectivity index (χ0n) is 13.3. The van der Waals surface area contributed by atoms with Crippen LogP contribution >= 0.6 is 0 Å². The zero-order chi connectivity index (χ0) is 15.6. The number of hydrogen-bond acceptors (Lipinski definition) is 5. The Labute approximate surface area is 125 Å². The van der Waals surface area contributed by atoms with Gasteiger partial charge in [-0.15, -0.1) is 0 Å². The van der Waals surface area contributed by atoms with Crippen LogP contribution < -0.4 is 0 Å². The molecular weight excluding hydrogens is 274 g/mol. The number of rotatable bonds is 1. The Bertz CT molecular complexity index is 394. The second-order valence-electron chi connectivity index (χ2n) is 6.53. The molecule has 21 heavy (non-hydrogen) atoms. The lowest BCUT2D eigenvalue weighted by molar-refractivity contribution is -0.0101. The first-order valence-corrected chi connectivity index (χ1v) is 7.35. The van der Waals surface area contributed by atoms with Gasteiger partial charge in [-0.25, -0.2) is 9.59 Å². The molecule has 0 N–H and O–H groups in total. The first-order valence-electron chi connectivity index (χ1n) is 7.35. The smallest absolute Gasteiger partial charge is 0.410 e. The molecule has 7 nitrogen and oxygen atoms in total. The van der Waals surface area contributed by atoms with Crippen LogP contribution in [0.15, 0.2) is 0 Å². The monoisotopic (exact) mass is 299 g/mol. The van der Waals surface area contributed by atoms with E-state index in [0.717, 1.165) is 13.1 Å². The summed E-state index contributed by atoms with van der Waals surface area (Å²) in [6, 6.07) is 0.380. The normalized spacial score (nSPS) is 21.0. The van der Waals surface area contributed by atoms with Crippen molar-refractivity contribution in [1.29, 1.82) is 0 Å². The lowest BCUT2D eigenvalue weighted by Crippen LogP contribution is -2.64. The Balaban J connectivity index is 1.72. The standard InChI is InChI=1S/C14H25N3O4/c1-14(2,3)21-13(19)16-7-5-15(6-8-16)11-9-17(10-11)12(18)20-4/h11H,5-10H2,1-4H3. The Morgan fingerprint density at radius 2 is 1.52 bits per heavy atom. The van der Waals surface area contributed by atoms with Gasteiger partial charge in [0.1, 0.15) is 5.60 Å². The fraction of sp³-hybridized carbons (Fsp3) is 0.857. The maximum atomic E-state index is 12.0. The van der Waals surface area contributed by atoms with Gasteiger partial charge in [-0.2, -0.15) is 0 Å². The summed E-state index contributed by atoms with van der Waals surface area (Å²) in [5.74, 6) is 0. The van der Waals surface area contributed by atoms with E-state index in [2.05, 4.69) is 9.64 Å². The third kappa shape index (κ3) is 4.00. The van der Waals surface area contributed by atoms with Crippen LogP contribution in [0.3, 0.4) is 0 Å². The number of carbonyl (C=O) groups is 2. The molecule has 2 heterocycles. The van der Waals surface area contributed by atoms with E-state index in [4.69, 9.17) is 4.74 Å². The topological polar surface area (TPSA) is 62.3 Å². The van der Waals surface area contributed by atoms with E-state index in [-0.39, 0.29) is 12.2 Å². The summed E-state index contributed by atoms with van der Waals surface area (Å²) in [5.41, 5.74) is -0.455. The van der Waals surface area contributed by atoms with Crippen molar-refractivity contribution >= 4 is 12.2 Å². The van der Waals surface area contributed by atoms with Gasteiger partial charge in [0.15, 0.2) is 0 Å². The van der Waals surface area contributed by atoms with Gasteiger partial charge in [0.05, 0.1) is 7.11 Å². The minimum Gasteiger partial charge on any atom is -0.453 e. The van der Waals surface area contributed by atoms with E-state index in [0.29, 0.717) is 32.2 Å². The van der Waals surface area contributed by atoms with Gasteiger partial charge < -0.3 is 19.3 Å². The van der Waals surface area contributed by atoms with Gasteiger partial charge in [0, 0.05) is 45.3 Å². The lowest BCUT2D eigenvalue weighted by atomic mass is 10.1. The van der Waals surface area contributed by atoms with Gasteiger partial charge in [-0.05, 0) is 20.8 Å². The van der Waals surface area contributed by atoms with Gasteiger partial charge in [-0.1, -0.05) is 0 Å². The number of amides is 2. The van der Waals surface area contributed by atoms with Crippen LogP contribution in [0, 0.1) is 0 Å². The maximum Gasteiger partial charge on any atom is 0.410 e. The van der Waals surface area contributed by atoms with Crippen molar-refractivity contribution in [2.75, 3.05) is 46.4 Å². The van der Waals surface area contributed by atoms with Crippen molar-refractivity contribution in [3.63, 3.8) is 0 Å². The number of nitrogens with zero attached hydrogens (tertiary/aromatic N) is 3. The molecule has 120 valence electrons. The molecule has 0 saturated carbocycles. The Kier molecular flexibility index (Phi) is 4.61. The van der Waals surface area contributed by atoms with E-state index in [1.165, 1.54) is 7.11 Å². The van der Waals surface area contributed by atoms with Crippen molar-refractivity contribution in [3.05, 3.63) is 0 Å². The third-order valence-electron chi connectivity index (χ3n) is 3.78. The van der Waals surface area contributed by atoms with Crippen molar-refractivity contribution < 1.29 is 19.1 Å². The molecule has 2 aliphatic rings. The third-order valence-corrected chi connectivity index (χ3v) is 3.78. The minimum atomic E-state index is -0.455. The SMILES string of the molecule is COC(=O)N1CC(N2CCN(C(=O)OC(C)(C)C)CC2)C1. The minimum absolute atomic E-state index is 0.244. The maximum absolute atomic E-state index is 12.0. The summed E-state index contributed by atoms with van der Waals surface area (Å²) in [6.45, 7) is 10.0. The number of hydrogen-bond donors (Lipinski definition) is 0. The number of methoxy groups -OCH3 is 1. The van der Waals surface area contributed by atoms with Crippen LogP contribution in [0.1, 0.15) is 20.8 Å². The molecular formula is C14H25N3O4. The highest BCUT2D eigenvalue weighted by Gasteiger charge is 2.37. The van der Waals surface area contributed by atoms with E-state index >= 15 is 0 Å². The number of carbonyl (C=O) groups excluding carboxylic acids is 2. The van der Waals surface area contributed by atoms with Crippen LogP contribution in [-0.2, 0) is 9.47 Å². The summed E-state index contributed by atoms with van der Waals surface area (Å²) in [7, 11) is 1.40. The van der Waals surface area contributed by atoms with Crippen molar-refractivity contribution in [2.24, 2.45) is 0 Å². The fourth-order valence-electron chi connectivity index (χ4n) is 2.56. The number of ether oxygens (including phenoxy) is 2. The Hall–Kier alpha value is -1.50. The van der Waals surface area contributed by atoms with Gasteiger partial charge in [0.25, 0.3) is 0 Å². The predicted molar refractivity (Wildman–Crippen MR) is 77.1 cm³/mol. The molecule has 2 rings (SSSR count). The summed E-state index contributed by atoms with van der Waals surface area (Å²) >= 11 is 0. The summed E-state index contributed by atoms with van der Waals surface area (Å²) < 4.78 is 10.1. The van der Waals surface area contributed by atoms with Gasteiger partial charge >= 0.3 is 12.2 Å². The first-order chi connectivity index (χ1) is 9.80. The van der Waals surface area contributed by atoms with Gasteiger partial charge in [0.2, 0.25) is 0 Å². The van der Waals surface area contributed by atoms with Crippen LogP contribution in [0.4, 0.5) is 9.59 Å². The Morgan fingerprint density at radius 1 is 0.952 bits per heavy atom. The molecule has 2 saturated heterocycles. The highest BCUT2D eigenvalue weighted by atomic mass is 16.6. The number of piperazine rings is 1. The molecule has 2 amide bonds. The molecule has 0 spiro atoms. The van der Waals surface area contributed by atoms with E-state index in [1.54, 1.807) is 9.80 Å². The molecule has 0 aromatic rings. The molecule has 2 fully saturated rings. The van der Waals surface area contributed by atoms with E-state index in [9.17, 15) is 9.59 Å². The van der Waals surface area contributed by atoms with Crippen LogP contribution in [0.2, 0.25) is 0 Å². The molecule has 0 bridgehead atoms. The summed E-state index contributed by atoms with van der Waals surface area (Å²) in [4.78, 5) is 29.0. The van der Waals surface area contributed by atoms with Crippen molar-refractivity contribution in [2.45, 2.75) is 32.4 Å². The summed E-state index contributed by atoms with van der Waals surface area (Å²) in [6.07, 6.45) is -0.509. The average Bonchev–Trinajstić information content (AvgIpc) is 2.35. The van der Waals surface area contributed by atoms with Crippen LogP contribution in [0.5, 0.6) is 0 Å². The molecule has 0 aromatic heterocycles. The highest BCUT2D eigenvalue weighted by Crippen LogP contribution is 2.18.